The average molecular weight is 330 g/mol. The Labute approximate surface area is 128 Å². The lowest BCUT2D eigenvalue weighted by atomic mass is 10.2. The van der Waals surface area contributed by atoms with Gasteiger partial charge in [0, 0.05) is 12.8 Å². The number of anilines is 1. The van der Waals surface area contributed by atoms with Crippen LogP contribution in [0, 0.1) is 6.92 Å². The predicted octanol–water partition coefficient (Wildman–Crippen LogP) is 2.81. The standard InChI is InChI=1S/C13H16ClN3O3S/c1-10-15-16-13(20-10)11-6-2-3-7-12(11)17-21(18,19)9-5-4-8-14/h2-3,6-7,17H,4-5,8-9H2,1H3. The second-order valence-corrected chi connectivity index (χ2v) is 6.71. The first-order valence-corrected chi connectivity index (χ1v) is 8.66. The minimum absolute atomic E-state index is 0.0247. The van der Waals surface area contributed by atoms with Crippen molar-refractivity contribution in [1.82, 2.24) is 10.2 Å². The van der Waals surface area contributed by atoms with Crippen LogP contribution in [0.25, 0.3) is 11.5 Å². The van der Waals surface area contributed by atoms with Crippen LogP contribution in [0.5, 0.6) is 0 Å². The summed E-state index contributed by atoms with van der Waals surface area (Å²) in [5, 5.41) is 7.67. The van der Waals surface area contributed by atoms with E-state index >= 15 is 0 Å². The molecule has 0 aliphatic carbocycles. The summed E-state index contributed by atoms with van der Waals surface area (Å²) in [5.74, 6) is 1.18. The minimum Gasteiger partial charge on any atom is -0.421 e. The number of halogens is 1. The van der Waals surface area contributed by atoms with Crippen molar-refractivity contribution >= 4 is 27.3 Å². The van der Waals surface area contributed by atoms with Crippen molar-refractivity contribution < 1.29 is 12.8 Å². The molecule has 2 rings (SSSR count). The van der Waals surface area contributed by atoms with Crippen molar-refractivity contribution in [3.63, 3.8) is 0 Å². The second kappa shape index (κ2) is 6.91. The number of para-hydroxylation sites is 1. The number of benzene rings is 1. The predicted molar refractivity (Wildman–Crippen MR) is 81.8 cm³/mol. The summed E-state index contributed by atoms with van der Waals surface area (Å²) >= 11 is 5.56. The number of rotatable bonds is 7. The highest BCUT2D eigenvalue weighted by molar-refractivity contribution is 7.92. The number of aromatic nitrogens is 2. The van der Waals surface area contributed by atoms with Gasteiger partial charge in [-0.15, -0.1) is 21.8 Å². The van der Waals surface area contributed by atoms with Gasteiger partial charge in [0.2, 0.25) is 21.8 Å². The Kier molecular flexibility index (Phi) is 5.19. The summed E-state index contributed by atoms with van der Waals surface area (Å²) in [4.78, 5) is 0. The molecule has 114 valence electrons. The first-order chi connectivity index (χ1) is 10.0. The van der Waals surface area contributed by atoms with E-state index in [0.717, 1.165) is 0 Å². The Hall–Kier alpha value is -1.60. The van der Waals surface area contributed by atoms with E-state index in [1.165, 1.54) is 0 Å². The van der Waals surface area contributed by atoms with E-state index in [-0.39, 0.29) is 11.6 Å². The van der Waals surface area contributed by atoms with Gasteiger partial charge in [0.15, 0.2) is 0 Å². The quantitative estimate of drug-likeness (QED) is 0.623. The minimum atomic E-state index is -3.43. The fourth-order valence-electron chi connectivity index (χ4n) is 1.77. The zero-order valence-electron chi connectivity index (χ0n) is 11.5. The molecule has 0 spiro atoms. The number of nitrogens with zero attached hydrogens (tertiary/aromatic N) is 2. The second-order valence-electron chi connectivity index (χ2n) is 4.49. The third-order valence-electron chi connectivity index (χ3n) is 2.75. The molecule has 1 heterocycles. The van der Waals surface area contributed by atoms with Gasteiger partial charge in [0.05, 0.1) is 17.0 Å². The normalized spacial score (nSPS) is 11.5. The van der Waals surface area contributed by atoms with Crippen molar-refractivity contribution in [1.29, 1.82) is 0 Å². The highest BCUT2D eigenvalue weighted by atomic mass is 35.5. The van der Waals surface area contributed by atoms with Gasteiger partial charge >= 0.3 is 0 Å². The molecule has 0 aliphatic heterocycles. The van der Waals surface area contributed by atoms with Crippen molar-refractivity contribution in [3.05, 3.63) is 30.2 Å². The van der Waals surface area contributed by atoms with Crippen molar-refractivity contribution in [2.75, 3.05) is 16.4 Å². The third kappa shape index (κ3) is 4.44. The Balaban J connectivity index is 2.21. The Bertz CT molecular complexity index is 700. The molecule has 1 N–H and O–H groups in total. The SMILES string of the molecule is Cc1nnc(-c2ccccc2NS(=O)(=O)CCCCCl)o1. The molecule has 0 unspecified atom stereocenters. The zero-order valence-corrected chi connectivity index (χ0v) is 13.1. The van der Waals surface area contributed by atoms with E-state index in [2.05, 4.69) is 14.9 Å². The monoisotopic (exact) mass is 329 g/mol. The average Bonchev–Trinajstić information content (AvgIpc) is 2.85. The molecule has 0 aliphatic rings. The van der Waals surface area contributed by atoms with Crippen LogP contribution in [0.4, 0.5) is 5.69 Å². The van der Waals surface area contributed by atoms with E-state index in [9.17, 15) is 8.42 Å². The first-order valence-electron chi connectivity index (χ1n) is 6.48. The molecule has 1 aromatic carbocycles. The topological polar surface area (TPSA) is 85.1 Å². The number of hydrogen-bond acceptors (Lipinski definition) is 5. The maximum atomic E-state index is 12.0. The van der Waals surface area contributed by atoms with Gasteiger partial charge < -0.3 is 4.42 Å². The number of unbranched alkanes of at least 4 members (excludes halogenated alkanes) is 1. The first kappa shape index (κ1) is 15.8. The molecule has 0 saturated heterocycles. The Morgan fingerprint density at radius 3 is 2.67 bits per heavy atom. The van der Waals surface area contributed by atoms with Crippen LogP contribution in [-0.2, 0) is 10.0 Å². The van der Waals surface area contributed by atoms with Crippen molar-refractivity contribution in [2.45, 2.75) is 19.8 Å². The van der Waals surface area contributed by atoms with Crippen LogP contribution in [0.2, 0.25) is 0 Å². The van der Waals surface area contributed by atoms with E-state index in [0.29, 0.717) is 35.9 Å². The van der Waals surface area contributed by atoms with Crippen LogP contribution < -0.4 is 4.72 Å². The Morgan fingerprint density at radius 2 is 2.00 bits per heavy atom. The largest absolute Gasteiger partial charge is 0.421 e. The summed E-state index contributed by atoms with van der Waals surface area (Å²) in [6.07, 6.45) is 1.17. The van der Waals surface area contributed by atoms with Crippen molar-refractivity contribution in [2.24, 2.45) is 0 Å². The van der Waals surface area contributed by atoms with Crippen molar-refractivity contribution in [3.8, 4) is 11.5 Å². The summed E-state index contributed by atoms with van der Waals surface area (Å²) in [5.41, 5.74) is 0.978. The van der Waals surface area contributed by atoms with Gasteiger partial charge in [-0.2, -0.15) is 0 Å². The molecule has 0 fully saturated rings. The van der Waals surface area contributed by atoms with E-state index in [4.69, 9.17) is 16.0 Å². The van der Waals surface area contributed by atoms with Crippen LogP contribution >= 0.6 is 11.6 Å². The lowest BCUT2D eigenvalue weighted by Crippen LogP contribution is -2.17. The fourth-order valence-corrected chi connectivity index (χ4v) is 3.16. The smallest absolute Gasteiger partial charge is 0.249 e. The van der Waals surface area contributed by atoms with Gasteiger partial charge in [-0.3, -0.25) is 4.72 Å². The number of hydrogen-bond donors (Lipinski definition) is 1. The van der Waals surface area contributed by atoms with E-state index in [1.54, 1.807) is 31.2 Å². The van der Waals surface area contributed by atoms with Gasteiger partial charge in [-0.1, -0.05) is 12.1 Å². The number of nitrogens with one attached hydrogen (secondary N) is 1. The summed E-state index contributed by atoms with van der Waals surface area (Å²) in [6.45, 7) is 1.68. The Morgan fingerprint density at radius 1 is 1.24 bits per heavy atom. The summed E-state index contributed by atoms with van der Waals surface area (Å²) in [6, 6.07) is 6.90. The van der Waals surface area contributed by atoms with Gasteiger partial charge in [0.25, 0.3) is 0 Å². The molecular weight excluding hydrogens is 314 g/mol. The molecule has 0 atom stereocenters. The maximum Gasteiger partial charge on any atom is 0.249 e. The molecule has 6 nitrogen and oxygen atoms in total. The molecule has 21 heavy (non-hydrogen) atoms. The maximum absolute atomic E-state index is 12.0. The molecule has 2 aromatic rings. The van der Waals surface area contributed by atoms with Crippen LogP contribution in [0.1, 0.15) is 18.7 Å². The fraction of sp³-hybridized carbons (Fsp3) is 0.385. The number of sulfonamides is 1. The summed E-state index contributed by atoms with van der Waals surface area (Å²) in [7, 11) is -3.43. The molecule has 8 heteroatoms. The summed E-state index contributed by atoms with van der Waals surface area (Å²) < 4.78 is 32.0. The lowest BCUT2D eigenvalue weighted by Gasteiger charge is -2.10. The van der Waals surface area contributed by atoms with Gasteiger partial charge in [-0.05, 0) is 25.0 Å². The highest BCUT2D eigenvalue weighted by Crippen LogP contribution is 2.27. The van der Waals surface area contributed by atoms with E-state index in [1.807, 2.05) is 0 Å². The zero-order chi connectivity index (χ0) is 15.3. The molecule has 1 aromatic heterocycles. The van der Waals surface area contributed by atoms with Crippen LogP contribution in [0.3, 0.4) is 0 Å². The number of aryl methyl sites for hydroxylation is 1. The van der Waals surface area contributed by atoms with Crippen LogP contribution in [-0.4, -0.2) is 30.2 Å². The highest BCUT2D eigenvalue weighted by Gasteiger charge is 2.16. The molecular formula is C13H16ClN3O3S. The molecule has 0 radical (unpaired) electrons. The van der Waals surface area contributed by atoms with Crippen LogP contribution in [0.15, 0.2) is 28.7 Å². The third-order valence-corrected chi connectivity index (χ3v) is 4.37. The molecule has 0 bridgehead atoms. The lowest BCUT2D eigenvalue weighted by molar-refractivity contribution is 0.533. The van der Waals surface area contributed by atoms with E-state index < -0.39 is 10.0 Å². The number of alkyl halides is 1. The molecule has 0 saturated carbocycles. The molecule has 0 amide bonds. The van der Waals surface area contributed by atoms with Gasteiger partial charge in [-0.25, -0.2) is 8.42 Å². The van der Waals surface area contributed by atoms with Gasteiger partial charge in [0.1, 0.15) is 0 Å².